The largest absolute Gasteiger partial charge is 0.426 e. The van der Waals surface area contributed by atoms with Gasteiger partial charge in [-0.2, -0.15) is 0 Å². The van der Waals surface area contributed by atoms with E-state index in [0.29, 0.717) is 17.1 Å². The quantitative estimate of drug-likeness (QED) is 0.705. The maximum absolute atomic E-state index is 12.3. The van der Waals surface area contributed by atoms with Crippen molar-refractivity contribution in [2.24, 2.45) is 0 Å². The van der Waals surface area contributed by atoms with E-state index in [2.05, 4.69) is 10.6 Å². The topological polar surface area (TPSA) is 80.6 Å². The number of aryl methyl sites for hydroxylation is 1. The van der Waals surface area contributed by atoms with Gasteiger partial charge in [-0.15, -0.1) is 0 Å². The van der Waals surface area contributed by atoms with E-state index in [-0.39, 0.29) is 17.6 Å². The second-order valence-electron chi connectivity index (χ2n) is 5.75. The average molecular weight is 350 g/mol. The van der Waals surface area contributed by atoms with E-state index in [4.69, 9.17) is 9.15 Å². The summed E-state index contributed by atoms with van der Waals surface area (Å²) in [4.78, 5) is 23.3. The molecule has 0 fully saturated rings. The van der Waals surface area contributed by atoms with Crippen molar-refractivity contribution < 1.29 is 18.7 Å². The van der Waals surface area contributed by atoms with Gasteiger partial charge >= 0.3 is 0 Å². The Morgan fingerprint density at radius 1 is 0.846 bits per heavy atom. The minimum Gasteiger partial charge on any atom is -0.426 e. The lowest BCUT2D eigenvalue weighted by Crippen LogP contribution is -2.11. The zero-order valence-electron chi connectivity index (χ0n) is 14.4. The number of hydrogen-bond donors (Lipinski definition) is 2. The van der Waals surface area contributed by atoms with E-state index in [0.717, 1.165) is 5.56 Å². The van der Waals surface area contributed by atoms with Gasteiger partial charge < -0.3 is 19.8 Å². The van der Waals surface area contributed by atoms with Crippen molar-refractivity contribution in [3.8, 4) is 11.7 Å². The van der Waals surface area contributed by atoms with Gasteiger partial charge in [0.1, 0.15) is 5.75 Å². The Balaban J connectivity index is 1.62. The third kappa shape index (κ3) is 4.51. The second kappa shape index (κ2) is 7.57. The van der Waals surface area contributed by atoms with E-state index < -0.39 is 5.91 Å². The molecular weight excluding hydrogens is 332 g/mol. The number of anilines is 2. The van der Waals surface area contributed by atoms with Crippen molar-refractivity contribution in [3.05, 3.63) is 72.0 Å². The number of ether oxygens (including phenoxy) is 1. The SMILES string of the molecule is CC(=O)Nc1ccc(NC(=O)c2ccc(Oc3ccc(C)cc3)o2)cc1. The molecular formula is C20H18N2O4. The van der Waals surface area contributed by atoms with Crippen LogP contribution >= 0.6 is 0 Å². The molecule has 6 nitrogen and oxygen atoms in total. The number of nitrogens with one attached hydrogen (secondary N) is 2. The van der Waals surface area contributed by atoms with Crippen LogP contribution < -0.4 is 15.4 Å². The van der Waals surface area contributed by atoms with Crippen LogP contribution in [0, 0.1) is 6.92 Å². The maximum atomic E-state index is 12.3. The zero-order valence-corrected chi connectivity index (χ0v) is 14.4. The Labute approximate surface area is 150 Å². The first-order chi connectivity index (χ1) is 12.5. The summed E-state index contributed by atoms with van der Waals surface area (Å²) < 4.78 is 11.0. The van der Waals surface area contributed by atoms with Crippen LogP contribution in [0.25, 0.3) is 0 Å². The highest BCUT2D eigenvalue weighted by Gasteiger charge is 2.13. The molecule has 2 aromatic carbocycles. The highest BCUT2D eigenvalue weighted by Crippen LogP contribution is 2.24. The van der Waals surface area contributed by atoms with Crippen LogP contribution in [0.5, 0.6) is 11.7 Å². The fourth-order valence-corrected chi connectivity index (χ4v) is 2.25. The third-order valence-electron chi connectivity index (χ3n) is 3.51. The van der Waals surface area contributed by atoms with Gasteiger partial charge in [-0.3, -0.25) is 9.59 Å². The van der Waals surface area contributed by atoms with Crippen molar-refractivity contribution in [2.75, 3.05) is 10.6 Å². The molecule has 0 aliphatic heterocycles. The summed E-state index contributed by atoms with van der Waals surface area (Å²) in [6.07, 6.45) is 0. The number of carbonyl (C=O) groups excluding carboxylic acids is 2. The molecule has 3 rings (SSSR count). The predicted octanol–water partition coefficient (Wildman–Crippen LogP) is 4.59. The minimum absolute atomic E-state index is 0.137. The monoisotopic (exact) mass is 350 g/mol. The van der Waals surface area contributed by atoms with Crippen LogP contribution in [0.1, 0.15) is 23.0 Å². The molecule has 0 unspecified atom stereocenters. The molecule has 0 aliphatic rings. The van der Waals surface area contributed by atoms with Gasteiger partial charge in [-0.05, 0) is 49.4 Å². The van der Waals surface area contributed by atoms with Crippen LogP contribution in [0.4, 0.5) is 11.4 Å². The Bertz CT molecular complexity index is 912. The normalized spacial score (nSPS) is 10.2. The summed E-state index contributed by atoms with van der Waals surface area (Å²) in [6.45, 7) is 3.42. The molecule has 0 saturated carbocycles. The van der Waals surface area contributed by atoms with Crippen LogP contribution in [-0.2, 0) is 4.79 Å². The lowest BCUT2D eigenvalue weighted by molar-refractivity contribution is -0.114. The van der Waals surface area contributed by atoms with E-state index >= 15 is 0 Å². The smallest absolute Gasteiger partial charge is 0.291 e. The summed E-state index contributed by atoms with van der Waals surface area (Å²) in [7, 11) is 0. The molecule has 26 heavy (non-hydrogen) atoms. The van der Waals surface area contributed by atoms with Gasteiger partial charge in [0.15, 0.2) is 5.76 Å². The molecule has 3 aromatic rings. The first-order valence-corrected chi connectivity index (χ1v) is 8.03. The molecule has 0 saturated heterocycles. The molecule has 6 heteroatoms. The molecule has 2 amide bonds. The van der Waals surface area contributed by atoms with E-state index in [9.17, 15) is 9.59 Å². The number of hydrogen-bond acceptors (Lipinski definition) is 4. The first kappa shape index (κ1) is 17.3. The summed E-state index contributed by atoms with van der Waals surface area (Å²) >= 11 is 0. The van der Waals surface area contributed by atoms with Gasteiger partial charge in [0.25, 0.3) is 11.9 Å². The number of amides is 2. The highest BCUT2D eigenvalue weighted by atomic mass is 16.6. The molecule has 132 valence electrons. The van der Waals surface area contributed by atoms with Gasteiger partial charge in [-0.1, -0.05) is 17.7 Å². The molecule has 2 N–H and O–H groups in total. The number of furan rings is 1. The number of benzene rings is 2. The van der Waals surface area contributed by atoms with Crippen LogP contribution in [-0.4, -0.2) is 11.8 Å². The Hall–Kier alpha value is -3.54. The summed E-state index contributed by atoms with van der Waals surface area (Å²) in [5.74, 6) is 0.457. The lowest BCUT2D eigenvalue weighted by atomic mass is 10.2. The maximum Gasteiger partial charge on any atom is 0.291 e. The summed E-state index contributed by atoms with van der Waals surface area (Å²) in [5, 5.41) is 5.38. The van der Waals surface area contributed by atoms with Gasteiger partial charge in [0.2, 0.25) is 5.91 Å². The summed E-state index contributed by atoms with van der Waals surface area (Å²) in [5.41, 5.74) is 2.37. The van der Waals surface area contributed by atoms with Crippen LogP contribution in [0.2, 0.25) is 0 Å². The zero-order chi connectivity index (χ0) is 18.5. The van der Waals surface area contributed by atoms with E-state index in [1.807, 2.05) is 31.2 Å². The Kier molecular flexibility index (Phi) is 5.03. The average Bonchev–Trinajstić information content (AvgIpc) is 3.07. The van der Waals surface area contributed by atoms with Crippen molar-refractivity contribution >= 4 is 23.2 Å². The second-order valence-corrected chi connectivity index (χ2v) is 5.75. The fourth-order valence-electron chi connectivity index (χ4n) is 2.25. The third-order valence-corrected chi connectivity index (χ3v) is 3.51. The predicted molar refractivity (Wildman–Crippen MR) is 98.7 cm³/mol. The first-order valence-electron chi connectivity index (χ1n) is 8.03. The Morgan fingerprint density at radius 3 is 2.08 bits per heavy atom. The van der Waals surface area contributed by atoms with E-state index in [1.165, 1.54) is 6.92 Å². The summed E-state index contributed by atoms with van der Waals surface area (Å²) in [6, 6.07) is 17.4. The Morgan fingerprint density at radius 2 is 1.46 bits per heavy atom. The van der Waals surface area contributed by atoms with Crippen molar-refractivity contribution in [2.45, 2.75) is 13.8 Å². The van der Waals surface area contributed by atoms with Crippen molar-refractivity contribution in [1.29, 1.82) is 0 Å². The van der Waals surface area contributed by atoms with E-state index in [1.54, 1.807) is 36.4 Å². The molecule has 0 atom stereocenters. The van der Waals surface area contributed by atoms with Gasteiger partial charge in [-0.25, -0.2) is 0 Å². The molecule has 0 spiro atoms. The molecule has 1 aromatic heterocycles. The van der Waals surface area contributed by atoms with Gasteiger partial charge in [0, 0.05) is 24.4 Å². The molecule has 1 heterocycles. The van der Waals surface area contributed by atoms with Crippen molar-refractivity contribution in [1.82, 2.24) is 0 Å². The van der Waals surface area contributed by atoms with Crippen LogP contribution in [0.15, 0.2) is 65.1 Å². The number of carbonyl (C=O) groups is 2. The highest BCUT2D eigenvalue weighted by molar-refractivity contribution is 6.02. The molecule has 0 aliphatic carbocycles. The fraction of sp³-hybridized carbons (Fsp3) is 0.100. The van der Waals surface area contributed by atoms with Crippen molar-refractivity contribution in [3.63, 3.8) is 0 Å². The van der Waals surface area contributed by atoms with Gasteiger partial charge in [0.05, 0.1) is 0 Å². The standard InChI is InChI=1S/C20H18N2O4/c1-13-3-9-17(10-4-13)25-19-12-11-18(26-19)20(24)22-16-7-5-15(6-8-16)21-14(2)23/h3-12H,1-2H3,(H,21,23)(H,22,24). The minimum atomic E-state index is -0.393. The molecule has 0 bridgehead atoms. The molecule has 0 radical (unpaired) electrons. The lowest BCUT2D eigenvalue weighted by Gasteiger charge is -2.06. The number of rotatable bonds is 5. The van der Waals surface area contributed by atoms with Crippen LogP contribution in [0.3, 0.4) is 0 Å².